The van der Waals surface area contributed by atoms with Crippen LogP contribution in [0.15, 0.2) is 49.1 Å². The molecule has 104 valence electrons. The zero-order valence-corrected chi connectivity index (χ0v) is 12.0. The van der Waals surface area contributed by atoms with E-state index in [1.165, 1.54) is 0 Å². The van der Waals surface area contributed by atoms with Crippen molar-refractivity contribution >= 4 is 11.6 Å². The highest BCUT2D eigenvalue weighted by Crippen LogP contribution is 2.31. The molecule has 0 N–H and O–H groups in total. The molecule has 0 radical (unpaired) electrons. The SMILES string of the molecule is C=CCc1c(CC)ccc2c1C(=O)c1ccccc1C2=O. The van der Waals surface area contributed by atoms with Gasteiger partial charge in [-0.25, -0.2) is 0 Å². The molecule has 2 aromatic carbocycles. The third-order valence-electron chi connectivity index (χ3n) is 4.03. The Kier molecular flexibility index (Phi) is 3.30. The van der Waals surface area contributed by atoms with Crippen LogP contribution < -0.4 is 0 Å². The van der Waals surface area contributed by atoms with Crippen molar-refractivity contribution in [3.05, 3.63) is 82.4 Å². The van der Waals surface area contributed by atoms with Gasteiger partial charge in [-0.1, -0.05) is 43.3 Å². The van der Waals surface area contributed by atoms with Gasteiger partial charge in [0, 0.05) is 22.3 Å². The third-order valence-corrected chi connectivity index (χ3v) is 4.03. The summed E-state index contributed by atoms with van der Waals surface area (Å²) >= 11 is 0. The number of aryl methyl sites for hydroxylation is 1. The maximum Gasteiger partial charge on any atom is 0.194 e. The normalized spacial score (nSPS) is 12.8. The number of ketones is 2. The van der Waals surface area contributed by atoms with Gasteiger partial charge in [0.05, 0.1) is 0 Å². The summed E-state index contributed by atoms with van der Waals surface area (Å²) in [5.74, 6) is -0.111. The van der Waals surface area contributed by atoms with Gasteiger partial charge >= 0.3 is 0 Å². The molecule has 2 nitrogen and oxygen atoms in total. The first-order valence-corrected chi connectivity index (χ1v) is 7.13. The lowest BCUT2D eigenvalue weighted by molar-refractivity contribution is 0.0978. The lowest BCUT2D eigenvalue weighted by atomic mass is 9.79. The van der Waals surface area contributed by atoms with Crippen LogP contribution >= 0.6 is 0 Å². The maximum atomic E-state index is 12.8. The predicted molar refractivity (Wildman–Crippen MR) is 83.0 cm³/mol. The largest absolute Gasteiger partial charge is 0.289 e. The lowest BCUT2D eigenvalue weighted by Crippen LogP contribution is -2.23. The molecule has 0 aliphatic heterocycles. The molecular formula is C19H16O2. The van der Waals surface area contributed by atoms with Crippen molar-refractivity contribution < 1.29 is 9.59 Å². The summed E-state index contributed by atoms with van der Waals surface area (Å²) in [4.78, 5) is 25.5. The molecule has 0 bridgehead atoms. The van der Waals surface area contributed by atoms with E-state index < -0.39 is 0 Å². The van der Waals surface area contributed by atoms with Crippen LogP contribution in [0.1, 0.15) is 49.9 Å². The first-order valence-electron chi connectivity index (χ1n) is 7.13. The summed E-state index contributed by atoms with van der Waals surface area (Å²) in [5, 5.41) is 0. The van der Waals surface area contributed by atoms with E-state index in [4.69, 9.17) is 0 Å². The van der Waals surface area contributed by atoms with E-state index in [0.29, 0.717) is 28.7 Å². The minimum atomic E-state index is -0.0619. The van der Waals surface area contributed by atoms with Gasteiger partial charge in [0.1, 0.15) is 0 Å². The van der Waals surface area contributed by atoms with Gasteiger partial charge in [0.25, 0.3) is 0 Å². The fraction of sp³-hybridized carbons (Fsp3) is 0.158. The first kappa shape index (κ1) is 13.5. The average molecular weight is 276 g/mol. The van der Waals surface area contributed by atoms with Gasteiger partial charge in [0.2, 0.25) is 0 Å². The smallest absolute Gasteiger partial charge is 0.194 e. The molecule has 2 heteroatoms. The van der Waals surface area contributed by atoms with Crippen molar-refractivity contribution in [2.24, 2.45) is 0 Å². The molecule has 0 atom stereocenters. The fourth-order valence-electron chi connectivity index (χ4n) is 3.01. The van der Waals surface area contributed by atoms with Crippen molar-refractivity contribution in [3.63, 3.8) is 0 Å². The number of hydrogen-bond donors (Lipinski definition) is 0. The molecule has 2 aromatic rings. The Morgan fingerprint density at radius 3 is 2.24 bits per heavy atom. The highest BCUT2D eigenvalue weighted by Gasteiger charge is 2.31. The Bertz CT molecular complexity index is 769. The third kappa shape index (κ3) is 1.95. The van der Waals surface area contributed by atoms with E-state index in [2.05, 4.69) is 13.5 Å². The molecule has 0 amide bonds. The van der Waals surface area contributed by atoms with E-state index in [9.17, 15) is 9.59 Å². The van der Waals surface area contributed by atoms with Crippen molar-refractivity contribution in [3.8, 4) is 0 Å². The van der Waals surface area contributed by atoms with Crippen molar-refractivity contribution in [2.45, 2.75) is 19.8 Å². The number of carbonyl (C=O) groups excluding carboxylic acids is 2. The molecule has 0 fully saturated rings. The van der Waals surface area contributed by atoms with Crippen LogP contribution in [0.25, 0.3) is 0 Å². The minimum Gasteiger partial charge on any atom is -0.289 e. The number of benzene rings is 2. The molecule has 0 saturated heterocycles. The van der Waals surface area contributed by atoms with Crippen LogP contribution in [0.3, 0.4) is 0 Å². The molecule has 1 aliphatic rings. The molecule has 21 heavy (non-hydrogen) atoms. The molecule has 1 aliphatic carbocycles. The van der Waals surface area contributed by atoms with Crippen molar-refractivity contribution in [2.75, 3.05) is 0 Å². The summed E-state index contributed by atoms with van der Waals surface area (Å²) in [5.41, 5.74) is 4.15. The molecule has 0 spiro atoms. The minimum absolute atomic E-state index is 0.0487. The number of carbonyl (C=O) groups is 2. The Morgan fingerprint density at radius 1 is 0.952 bits per heavy atom. The van der Waals surface area contributed by atoms with Crippen LogP contribution in [0.5, 0.6) is 0 Å². The summed E-state index contributed by atoms with van der Waals surface area (Å²) in [7, 11) is 0. The zero-order chi connectivity index (χ0) is 15.0. The van der Waals surface area contributed by atoms with Crippen LogP contribution in [0, 0.1) is 0 Å². The van der Waals surface area contributed by atoms with Gasteiger partial charge < -0.3 is 0 Å². The second kappa shape index (κ2) is 5.13. The van der Waals surface area contributed by atoms with E-state index in [1.54, 1.807) is 36.4 Å². The van der Waals surface area contributed by atoms with Crippen LogP contribution in [0.2, 0.25) is 0 Å². The van der Waals surface area contributed by atoms with Crippen LogP contribution in [-0.4, -0.2) is 11.6 Å². The van der Waals surface area contributed by atoms with E-state index in [1.807, 2.05) is 6.07 Å². The van der Waals surface area contributed by atoms with E-state index in [-0.39, 0.29) is 11.6 Å². The molecule has 0 aromatic heterocycles. The fourth-order valence-corrected chi connectivity index (χ4v) is 3.01. The summed E-state index contributed by atoms with van der Waals surface area (Å²) in [6.07, 6.45) is 3.22. The first-order chi connectivity index (χ1) is 10.2. The second-order valence-electron chi connectivity index (χ2n) is 5.18. The van der Waals surface area contributed by atoms with E-state index in [0.717, 1.165) is 17.5 Å². The quantitative estimate of drug-likeness (QED) is 0.683. The molecule has 3 rings (SSSR count). The summed E-state index contributed by atoms with van der Waals surface area (Å²) in [6.45, 7) is 5.83. The lowest BCUT2D eigenvalue weighted by Gasteiger charge is -2.21. The second-order valence-corrected chi connectivity index (χ2v) is 5.18. The van der Waals surface area contributed by atoms with Gasteiger partial charge in [-0.15, -0.1) is 6.58 Å². The predicted octanol–water partition coefficient (Wildman–Crippen LogP) is 3.75. The van der Waals surface area contributed by atoms with Crippen LogP contribution in [0.4, 0.5) is 0 Å². The monoisotopic (exact) mass is 276 g/mol. The number of rotatable bonds is 3. The standard InChI is InChI=1S/C19H16O2/c1-3-7-13-12(4-2)10-11-16-17(13)19(21)15-9-6-5-8-14(15)18(16)20/h3,5-6,8-11H,1,4,7H2,2H3. The van der Waals surface area contributed by atoms with E-state index >= 15 is 0 Å². The molecule has 0 saturated carbocycles. The molecular weight excluding hydrogens is 260 g/mol. The average Bonchev–Trinajstić information content (AvgIpc) is 2.52. The van der Waals surface area contributed by atoms with Gasteiger partial charge in [0.15, 0.2) is 11.6 Å². The van der Waals surface area contributed by atoms with Gasteiger partial charge in [-0.05, 0) is 30.0 Å². The zero-order valence-electron chi connectivity index (χ0n) is 12.0. The molecule has 0 unspecified atom stereocenters. The van der Waals surface area contributed by atoms with Crippen LogP contribution in [-0.2, 0) is 12.8 Å². The summed E-state index contributed by atoms with van der Waals surface area (Å²) in [6, 6.07) is 10.8. The Labute approximate surface area is 124 Å². The Morgan fingerprint density at radius 2 is 1.62 bits per heavy atom. The maximum absolute atomic E-state index is 12.8. The Balaban J connectivity index is 2.32. The van der Waals surface area contributed by atoms with Crippen molar-refractivity contribution in [1.29, 1.82) is 0 Å². The highest BCUT2D eigenvalue weighted by molar-refractivity contribution is 6.29. The highest BCUT2D eigenvalue weighted by atomic mass is 16.1. The van der Waals surface area contributed by atoms with Gasteiger partial charge in [-0.2, -0.15) is 0 Å². The Hall–Kier alpha value is -2.48. The van der Waals surface area contributed by atoms with Gasteiger partial charge in [-0.3, -0.25) is 9.59 Å². The topological polar surface area (TPSA) is 34.1 Å². The van der Waals surface area contributed by atoms with Crippen molar-refractivity contribution in [1.82, 2.24) is 0 Å². The summed E-state index contributed by atoms with van der Waals surface area (Å²) < 4.78 is 0. The number of allylic oxidation sites excluding steroid dienone is 1. The number of fused-ring (bicyclic) bond motifs is 2. The number of hydrogen-bond acceptors (Lipinski definition) is 2. The molecule has 0 heterocycles.